The average molecular weight is 346 g/mol. The van der Waals surface area contributed by atoms with Crippen LogP contribution in [0.2, 0.25) is 0 Å². The predicted molar refractivity (Wildman–Crippen MR) is 109 cm³/mol. The van der Waals surface area contributed by atoms with Crippen LogP contribution in [0, 0.1) is 5.92 Å². The number of fused-ring (bicyclic) bond motifs is 3. The Morgan fingerprint density at radius 3 is 2.14 bits per heavy atom. The van der Waals surface area contributed by atoms with Crippen LogP contribution in [0.1, 0.15) is 0 Å². The van der Waals surface area contributed by atoms with Crippen LogP contribution < -0.4 is 10.0 Å². The van der Waals surface area contributed by atoms with E-state index < -0.39 is 0 Å². The maximum absolute atomic E-state index is 5.96. The summed E-state index contributed by atoms with van der Waals surface area (Å²) in [6.45, 7) is 0.766. The molecule has 0 aliphatic heterocycles. The molecule has 1 nitrogen and oxygen atoms in total. The number of ether oxygens (including phenoxy) is 1. The van der Waals surface area contributed by atoms with E-state index in [2.05, 4.69) is 76.3 Å². The van der Waals surface area contributed by atoms with Crippen molar-refractivity contribution in [1.29, 1.82) is 0 Å². The molecule has 0 spiro atoms. The lowest BCUT2D eigenvalue weighted by Crippen LogP contribution is -2.14. The van der Waals surface area contributed by atoms with Gasteiger partial charge in [-0.25, -0.2) is 0 Å². The summed E-state index contributed by atoms with van der Waals surface area (Å²) in [6, 6.07) is 17.3. The molecule has 3 rings (SSSR count). The first kappa shape index (κ1) is 16.1. The molecule has 114 valence electrons. The summed E-state index contributed by atoms with van der Waals surface area (Å²) >= 11 is 0. The lowest BCUT2D eigenvalue weighted by atomic mass is 10.0. The van der Waals surface area contributed by atoms with Crippen LogP contribution in [0.15, 0.2) is 48.5 Å². The molecular weight excluding hydrogens is 325 g/mol. The Bertz CT molecular complexity index is 797. The van der Waals surface area contributed by atoms with Crippen LogP contribution in [-0.4, -0.2) is 18.9 Å². The molecule has 0 saturated carbocycles. The Morgan fingerprint density at radius 2 is 1.45 bits per heavy atom. The van der Waals surface area contributed by atoms with Gasteiger partial charge in [-0.05, 0) is 63.3 Å². The lowest BCUT2D eigenvalue weighted by Gasteiger charge is -2.14. The topological polar surface area (TPSA) is 9.23 Å². The zero-order valence-electron chi connectivity index (χ0n) is 12.5. The number of rotatable bonds is 5. The first-order valence-corrected chi connectivity index (χ1v) is 9.67. The molecule has 0 saturated heterocycles. The van der Waals surface area contributed by atoms with E-state index in [4.69, 9.17) is 4.74 Å². The second kappa shape index (κ2) is 7.23. The van der Waals surface area contributed by atoms with E-state index in [0.717, 1.165) is 24.7 Å². The van der Waals surface area contributed by atoms with Crippen molar-refractivity contribution in [3.8, 4) is 5.75 Å². The Hall–Kier alpha value is -0.730. The van der Waals surface area contributed by atoms with E-state index in [1.165, 1.54) is 26.8 Å². The van der Waals surface area contributed by atoms with Gasteiger partial charge in [0.25, 0.3) is 0 Å². The highest BCUT2D eigenvalue weighted by Gasteiger charge is 2.06. The van der Waals surface area contributed by atoms with Crippen molar-refractivity contribution in [2.75, 3.05) is 18.9 Å². The highest BCUT2D eigenvalue weighted by molar-refractivity contribution is 7.27. The third kappa shape index (κ3) is 3.44. The van der Waals surface area contributed by atoms with Crippen LogP contribution in [0.4, 0.5) is 0 Å². The number of benzene rings is 3. The normalized spacial score (nSPS) is 11.5. The number of hydrogen-bond donors (Lipinski definition) is 0. The van der Waals surface area contributed by atoms with E-state index in [-0.39, 0.29) is 0 Å². The maximum atomic E-state index is 5.96. The van der Waals surface area contributed by atoms with Crippen LogP contribution >= 0.6 is 27.7 Å². The molecule has 0 aliphatic rings. The first-order chi connectivity index (χ1) is 10.7. The standard InChI is InChI=1S/C18H21OP3/c20-10-12(11-21)9-19-15-3-5-17-13(7-15)1-2-14-8-16(22)4-6-18(14)17/h1-8,12H,9-11,20-22H2. The van der Waals surface area contributed by atoms with E-state index >= 15 is 0 Å². The smallest absolute Gasteiger partial charge is 0.119 e. The molecule has 3 aromatic rings. The average Bonchev–Trinajstić information content (AvgIpc) is 2.55. The van der Waals surface area contributed by atoms with Gasteiger partial charge in [0.1, 0.15) is 5.75 Å². The zero-order chi connectivity index (χ0) is 15.5. The Labute approximate surface area is 138 Å². The van der Waals surface area contributed by atoms with Crippen molar-refractivity contribution in [3.63, 3.8) is 0 Å². The minimum atomic E-state index is 0.572. The molecule has 3 atom stereocenters. The van der Waals surface area contributed by atoms with E-state index in [0.29, 0.717) is 5.92 Å². The van der Waals surface area contributed by atoms with Gasteiger partial charge in [0.2, 0.25) is 0 Å². The van der Waals surface area contributed by atoms with Gasteiger partial charge in [-0.2, -0.15) is 0 Å². The first-order valence-electron chi connectivity index (χ1n) is 7.46. The molecule has 0 bridgehead atoms. The van der Waals surface area contributed by atoms with Crippen molar-refractivity contribution >= 4 is 54.6 Å². The van der Waals surface area contributed by atoms with Crippen LogP contribution in [0.5, 0.6) is 5.75 Å². The largest absolute Gasteiger partial charge is 0.493 e. The molecule has 3 unspecified atom stereocenters. The van der Waals surface area contributed by atoms with Crippen LogP contribution in [0.25, 0.3) is 21.5 Å². The highest BCUT2D eigenvalue weighted by atomic mass is 31.0. The van der Waals surface area contributed by atoms with Gasteiger partial charge < -0.3 is 4.74 Å². The second-order valence-corrected chi connectivity index (χ2v) is 7.19. The quantitative estimate of drug-likeness (QED) is 0.496. The summed E-state index contributed by atoms with van der Waals surface area (Å²) < 4.78 is 5.96. The summed E-state index contributed by atoms with van der Waals surface area (Å²) in [5, 5.41) is 6.30. The van der Waals surface area contributed by atoms with Crippen molar-refractivity contribution in [2.45, 2.75) is 0 Å². The third-order valence-corrected chi connectivity index (χ3v) is 5.68. The SMILES string of the molecule is PCC(CP)COc1ccc2c(ccc3cc(P)ccc32)c1. The summed E-state index contributed by atoms with van der Waals surface area (Å²) in [4.78, 5) is 0. The fourth-order valence-electron chi connectivity index (χ4n) is 2.60. The van der Waals surface area contributed by atoms with Gasteiger partial charge in [0.15, 0.2) is 0 Å². The van der Waals surface area contributed by atoms with Gasteiger partial charge in [0.05, 0.1) is 6.61 Å². The molecule has 4 heteroatoms. The van der Waals surface area contributed by atoms with Crippen molar-refractivity contribution in [1.82, 2.24) is 0 Å². The van der Waals surface area contributed by atoms with Crippen LogP contribution in [0.3, 0.4) is 0 Å². The molecule has 0 fully saturated rings. The van der Waals surface area contributed by atoms with Gasteiger partial charge in [-0.1, -0.05) is 30.3 Å². The molecule has 0 N–H and O–H groups in total. The molecule has 3 aromatic carbocycles. The summed E-state index contributed by atoms with van der Waals surface area (Å²) in [7, 11) is 8.35. The minimum Gasteiger partial charge on any atom is -0.493 e. The fraction of sp³-hybridized carbons (Fsp3) is 0.222. The number of hydrogen-bond acceptors (Lipinski definition) is 1. The summed E-state index contributed by atoms with van der Waals surface area (Å²) in [6.07, 6.45) is 2.14. The summed E-state index contributed by atoms with van der Waals surface area (Å²) in [5.74, 6) is 1.53. The molecule has 0 heterocycles. The monoisotopic (exact) mass is 346 g/mol. The molecule has 0 amide bonds. The second-order valence-electron chi connectivity index (χ2n) is 5.58. The Kier molecular flexibility index (Phi) is 5.30. The lowest BCUT2D eigenvalue weighted by molar-refractivity contribution is 0.276. The predicted octanol–water partition coefficient (Wildman–Crippen LogP) is 4.24. The third-order valence-electron chi connectivity index (χ3n) is 3.98. The molecule has 0 aliphatic carbocycles. The van der Waals surface area contributed by atoms with Crippen molar-refractivity contribution < 1.29 is 4.74 Å². The van der Waals surface area contributed by atoms with Crippen LogP contribution in [-0.2, 0) is 0 Å². The van der Waals surface area contributed by atoms with E-state index in [1.54, 1.807) is 0 Å². The van der Waals surface area contributed by atoms with Crippen molar-refractivity contribution in [3.05, 3.63) is 48.5 Å². The van der Waals surface area contributed by atoms with E-state index in [1.807, 2.05) is 0 Å². The summed E-state index contributed by atoms with van der Waals surface area (Å²) in [5.41, 5.74) is 0. The van der Waals surface area contributed by atoms with Gasteiger partial charge >= 0.3 is 0 Å². The highest BCUT2D eigenvalue weighted by Crippen LogP contribution is 2.28. The van der Waals surface area contributed by atoms with Crippen molar-refractivity contribution in [2.24, 2.45) is 5.92 Å². The Balaban J connectivity index is 1.93. The Morgan fingerprint density at radius 1 is 0.818 bits per heavy atom. The molecule has 22 heavy (non-hydrogen) atoms. The molecule has 0 aromatic heterocycles. The minimum absolute atomic E-state index is 0.572. The molecular formula is C18H21OP3. The van der Waals surface area contributed by atoms with Gasteiger partial charge in [-0.15, -0.1) is 27.7 Å². The fourth-order valence-corrected chi connectivity index (χ4v) is 3.92. The zero-order valence-corrected chi connectivity index (χ0v) is 15.9. The van der Waals surface area contributed by atoms with Gasteiger partial charge in [0, 0.05) is 0 Å². The maximum Gasteiger partial charge on any atom is 0.119 e. The molecule has 0 radical (unpaired) electrons. The van der Waals surface area contributed by atoms with Gasteiger partial charge in [-0.3, -0.25) is 0 Å². The van der Waals surface area contributed by atoms with E-state index in [9.17, 15) is 0 Å².